The van der Waals surface area contributed by atoms with Gasteiger partial charge in [-0.25, -0.2) is 4.79 Å². The van der Waals surface area contributed by atoms with E-state index in [2.05, 4.69) is 45.4 Å². The van der Waals surface area contributed by atoms with Crippen LogP contribution in [0, 0.1) is 0 Å². The van der Waals surface area contributed by atoms with Crippen molar-refractivity contribution in [3.8, 4) is 5.75 Å². The molecule has 0 radical (unpaired) electrons. The van der Waals surface area contributed by atoms with E-state index in [0.29, 0.717) is 21.0 Å². The van der Waals surface area contributed by atoms with Gasteiger partial charge in [0.1, 0.15) is 5.75 Å². The zero-order valence-electron chi connectivity index (χ0n) is 14.0. The Morgan fingerprint density at radius 2 is 1.74 bits per heavy atom. The molecule has 0 aliphatic heterocycles. The minimum atomic E-state index is -0.382. The first kappa shape index (κ1) is 20.4. The van der Waals surface area contributed by atoms with Crippen LogP contribution in [0.15, 0.2) is 36.4 Å². The van der Waals surface area contributed by atoms with Crippen molar-refractivity contribution < 1.29 is 9.53 Å². The summed E-state index contributed by atoms with van der Waals surface area (Å²) >= 11 is 7.50. The van der Waals surface area contributed by atoms with E-state index in [-0.39, 0.29) is 5.97 Å². The van der Waals surface area contributed by atoms with Gasteiger partial charge in [0.05, 0.1) is 0 Å². The zero-order chi connectivity index (χ0) is 17.2. The van der Waals surface area contributed by atoms with Crippen molar-refractivity contribution in [2.45, 2.75) is 62.0 Å². The number of esters is 1. The second-order valence-electron chi connectivity index (χ2n) is 5.93. The van der Waals surface area contributed by atoms with Gasteiger partial charge in [-0.1, -0.05) is 70.3 Å². The summed E-state index contributed by atoms with van der Waals surface area (Å²) in [5.41, 5.74) is 1.65. The molecule has 1 aromatic carbocycles. The van der Waals surface area contributed by atoms with Gasteiger partial charge in [0, 0.05) is 15.2 Å². The highest BCUT2D eigenvalue weighted by molar-refractivity contribution is 9.09. The van der Waals surface area contributed by atoms with Crippen LogP contribution in [-0.4, -0.2) is 15.6 Å². The van der Waals surface area contributed by atoms with E-state index >= 15 is 0 Å². The molecule has 0 aliphatic rings. The lowest BCUT2D eigenvalue weighted by molar-refractivity contribution is -0.130. The van der Waals surface area contributed by atoms with Crippen LogP contribution < -0.4 is 4.74 Å². The molecule has 0 heterocycles. The fraction of sp³-hybridized carbons (Fsp3) is 0.526. The van der Waals surface area contributed by atoms with E-state index in [4.69, 9.17) is 4.74 Å². The molecule has 0 bridgehead atoms. The van der Waals surface area contributed by atoms with Crippen molar-refractivity contribution in [3.63, 3.8) is 0 Å². The Hall–Kier alpha value is -0.610. The third-order valence-electron chi connectivity index (χ3n) is 3.58. The summed E-state index contributed by atoms with van der Waals surface area (Å²) in [5.74, 6) is 0.182. The SMILES string of the molecule is C=C(C)C(=O)Oc1ccc(CC(Br)CCCC(Br)CCC)cc1. The van der Waals surface area contributed by atoms with Crippen LogP contribution in [0.2, 0.25) is 0 Å². The van der Waals surface area contributed by atoms with Crippen molar-refractivity contribution in [1.29, 1.82) is 0 Å². The number of hydrogen-bond acceptors (Lipinski definition) is 2. The molecule has 0 saturated heterocycles. The zero-order valence-corrected chi connectivity index (χ0v) is 17.2. The monoisotopic (exact) mass is 444 g/mol. The Balaban J connectivity index is 2.36. The molecule has 0 N–H and O–H groups in total. The van der Waals surface area contributed by atoms with E-state index in [0.717, 1.165) is 12.8 Å². The van der Waals surface area contributed by atoms with Crippen LogP contribution in [0.4, 0.5) is 0 Å². The fourth-order valence-electron chi connectivity index (χ4n) is 2.26. The topological polar surface area (TPSA) is 26.3 Å². The molecular formula is C19H26Br2O2. The summed E-state index contributed by atoms with van der Waals surface area (Å²) in [6.07, 6.45) is 7.08. The van der Waals surface area contributed by atoms with Crippen molar-refractivity contribution in [1.82, 2.24) is 0 Å². The lowest BCUT2D eigenvalue weighted by Gasteiger charge is -2.12. The minimum Gasteiger partial charge on any atom is -0.423 e. The number of rotatable bonds is 10. The summed E-state index contributed by atoms with van der Waals surface area (Å²) in [4.78, 5) is 12.6. The largest absolute Gasteiger partial charge is 0.423 e. The Bertz CT molecular complexity index is 497. The van der Waals surface area contributed by atoms with Crippen LogP contribution in [0.5, 0.6) is 5.75 Å². The number of hydrogen-bond donors (Lipinski definition) is 0. The van der Waals surface area contributed by atoms with E-state index < -0.39 is 0 Å². The van der Waals surface area contributed by atoms with Crippen LogP contribution in [-0.2, 0) is 11.2 Å². The average Bonchev–Trinajstić information content (AvgIpc) is 2.49. The normalized spacial score (nSPS) is 13.4. The number of halogens is 2. The molecule has 0 aliphatic carbocycles. The predicted molar refractivity (Wildman–Crippen MR) is 105 cm³/mol. The number of alkyl halides is 2. The Morgan fingerprint density at radius 3 is 2.30 bits per heavy atom. The van der Waals surface area contributed by atoms with Crippen LogP contribution in [0.3, 0.4) is 0 Å². The van der Waals surface area contributed by atoms with Gasteiger partial charge in [0.25, 0.3) is 0 Å². The van der Waals surface area contributed by atoms with E-state index in [1.54, 1.807) is 6.92 Å². The highest BCUT2D eigenvalue weighted by atomic mass is 79.9. The highest BCUT2D eigenvalue weighted by Crippen LogP contribution is 2.22. The average molecular weight is 446 g/mol. The molecule has 4 heteroatoms. The maximum Gasteiger partial charge on any atom is 0.338 e. The van der Waals surface area contributed by atoms with Crippen LogP contribution in [0.1, 0.15) is 51.5 Å². The van der Waals surface area contributed by atoms with Crippen molar-refractivity contribution in [2.24, 2.45) is 0 Å². The third kappa shape index (κ3) is 8.71. The Kier molecular flexibility index (Phi) is 9.80. The van der Waals surface area contributed by atoms with Crippen LogP contribution in [0.25, 0.3) is 0 Å². The van der Waals surface area contributed by atoms with Gasteiger partial charge >= 0.3 is 5.97 Å². The first-order valence-electron chi connectivity index (χ1n) is 8.17. The fourth-order valence-corrected chi connectivity index (χ4v) is 3.74. The second kappa shape index (κ2) is 11.0. The van der Waals surface area contributed by atoms with E-state index in [1.165, 1.54) is 31.2 Å². The standard InChI is InChI=1S/C19H26Br2O2/c1-4-6-16(20)7-5-8-17(21)13-15-9-11-18(12-10-15)23-19(22)14(2)3/h9-12,16-17H,2,4-8,13H2,1,3H3. The number of carbonyl (C=O) groups excluding carboxylic acids is 1. The summed E-state index contributed by atoms with van der Waals surface area (Å²) < 4.78 is 5.19. The van der Waals surface area contributed by atoms with Crippen LogP contribution >= 0.6 is 31.9 Å². The molecule has 0 spiro atoms. The first-order chi connectivity index (χ1) is 10.9. The highest BCUT2D eigenvalue weighted by Gasteiger charge is 2.09. The summed E-state index contributed by atoms with van der Waals surface area (Å²) in [6, 6.07) is 7.71. The Morgan fingerprint density at radius 1 is 1.13 bits per heavy atom. The lowest BCUT2D eigenvalue weighted by atomic mass is 10.0. The molecule has 2 unspecified atom stereocenters. The number of benzene rings is 1. The molecular weight excluding hydrogens is 420 g/mol. The van der Waals surface area contributed by atoms with Gasteiger partial charge in [-0.05, 0) is 50.3 Å². The molecule has 2 atom stereocenters. The molecule has 0 fully saturated rings. The molecule has 0 saturated carbocycles. The summed E-state index contributed by atoms with van der Waals surface area (Å²) in [7, 11) is 0. The maximum absolute atomic E-state index is 11.5. The van der Waals surface area contributed by atoms with Gasteiger partial charge in [-0.3, -0.25) is 0 Å². The van der Waals surface area contributed by atoms with Crippen molar-refractivity contribution >= 4 is 37.8 Å². The maximum atomic E-state index is 11.5. The molecule has 2 nitrogen and oxygen atoms in total. The minimum absolute atomic E-state index is 0.382. The van der Waals surface area contributed by atoms with Gasteiger partial charge in [-0.15, -0.1) is 0 Å². The van der Waals surface area contributed by atoms with E-state index in [9.17, 15) is 4.79 Å². The quantitative estimate of drug-likeness (QED) is 0.185. The third-order valence-corrected chi connectivity index (χ3v) is 5.27. The molecule has 0 aromatic heterocycles. The van der Waals surface area contributed by atoms with Gasteiger partial charge in [-0.2, -0.15) is 0 Å². The molecule has 0 amide bonds. The lowest BCUT2D eigenvalue weighted by Crippen LogP contribution is -2.08. The summed E-state index contributed by atoms with van der Waals surface area (Å²) in [5, 5.41) is 0. The van der Waals surface area contributed by atoms with E-state index in [1.807, 2.05) is 24.3 Å². The number of carbonyl (C=O) groups is 1. The summed E-state index contributed by atoms with van der Waals surface area (Å²) in [6.45, 7) is 7.44. The smallest absolute Gasteiger partial charge is 0.338 e. The molecule has 1 rings (SSSR count). The number of ether oxygens (including phenoxy) is 1. The van der Waals surface area contributed by atoms with Crippen molar-refractivity contribution in [3.05, 3.63) is 42.0 Å². The van der Waals surface area contributed by atoms with Gasteiger partial charge in [0.2, 0.25) is 0 Å². The van der Waals surface area contributed by atoms with Gasteiger partial charge in [0.15, 0.2) is 0 Å². The molecule has 128 valence electrons. The van der Waals surface area contributed by atoms with Gasteiger partial charge < -0.3 is 4.74 Å². The molecule has 23 heavy (non-hydrogen) atoms. The second-order valence-corrected chi connectivity index (χ2v) is 8.52. The van der Waals surface area contributed by atoms with Crippen molar-refractivity contribution in [2.75, 3.05) is 0 Å². The Labute approximate surface area is 156 Å². The predicted octanol–water partition coefficient (Wildman–Crippen LogP) is 6.21. The molecule has 1 aromatic rings. The first-order valence-corrected chi connectivity index (χ1v) is 10.00.